The van der Waals surface area contributed by atoms with Gasteiger partial charge in [-0.15, -0.1) is 0 Å². The highest BCUT2D eigenvalue weighted by Crippen LogP contribution is 2.37. The van der Waals surface area contributed by atoms with Crippen LogP contribution in [-0.4, -0.2) is 33.7 Å². The minimum absolute atomic E-state index is 0.559. The average Bonchev–Trinajstić information content (AvgIpc) is 3.11. The third kappa shape index (κ3) is 3.62. The van der Waals surface area contributed by atoms with Gasteiger partial charge in [0.25, 0.3) is 0 Å². The molecule has 23 heavy (non-hydrogen) atoms. The molecule has 1 atom stereocenters. The molecule has 0 aliphatic heterocycles. The summed E-state index contributed by atoms with van der Waals surface area (Å²) in [4.78, 5) is 6.48. The van der Waals surface area contributed by atoms with Gasteiger partial charge >= 0.3 is 0 Å². The molecular weight excluding hydrogens is 290 g/mol. The number of unbranched alkanes of at least 4 members (excludes halogenated alkanes) is 1. The van der Waals surface area contributed by atoms with E-state index in [4.69, 9.17) is 4.52 Å². The summed E-state index contributed by atoms with van der Waals surface area (Å²) in [6, 6.07) is 8.16. The number of hydrogen-bond acceptors (Lipinski definition) is 5. The van der Waals surface area contributed by atoms with Crippen LogP contribution in [0.1, 0.15) is 49.0 Å². The number of aliphatic hydroxyl groups is 1. The van der Waals surface area contributed by atoms with Crippen molar-refractivity contribution in [3.05, 3.63) is 47.1 Å². The summed E-state index contributed by atoms with van der Waals surface area (Å²) in [6.07, 6.45) is 4.76. The quantitative estimate of drug-likeness (QED) is 0.851. The van der Waals surface area contributed by atoms with Crippen molar-refractivity contribution in [3.63, 3.8) is 0 Å². The summed E-state index contributed by atoms with van der Waals surface area (Å²) < 4.78 is 5.31. The number of aryl methyl sites for hydroxylation is 2. The molecule has 1 unspecified atom stereocenters. The van der Waals surface area contributed by atoms with Gasteiger partial charge < -0.3 is 9.63 Å². The van der Waals surface area contributed by atoms with Gasteiger partial charge in [0.1, 0.15) is 5.60 Å². The lowest BCUT2D eigenvalue weighted by molar-refractivity contribution is 0.00345. The highest BCUT2D eigenvalue weighted by atomic mass is 16.5. The molecule has 0 bridgehead atoms. The Labute approximate surface area is 137 Å². The molecule has 2 aromatic rings. The van der Waals surface area contributed by atoms with E-state index >= 15 is 0 Å². The van der Waals surface area contributed by atoms with Crippen molar-refractivity contribution >= 4 is 0 Å². The number of rotatable bonds is 7. The summed E-state index contributed by atoms with van der Waals surface area (Å²) in [7, 11) is 1.98. The zero-order chi connectivity index (χ0) is 16.3. The minimum Gasteiger partial charge on any atom is -0.384 e. The summed E-state index contributed by atoms with van der Waals surface area (Å²) in [5.41, 5.74) is 1.53. The van der Waals surface area contributed by atoms with Gasteiger partial charge in [-0.2, -0.15) is 4.98 Å². The van der Waals surface area contributed by atoms with Gasteiger partial charge in [0.05, 0.1) is 6.54 Å². The van der Waals surface area contributed by atoms with Crippen LogP contribution in [0.5, 0.6) is 0 Å². The molecule has 3 rings (SSSR count). The molecule has 0 radical (unpaired) electrons. The number of nitrogens with zero attached hydrogens (tertiary/aromatic N) is 3. The Morgan fingerprint density at radius 1 is 1.35 bits per heavy atom. The number of likely N-dealkylation sites (N-methyl/N-ethyl adjacent to an activating group) is 1. The molecule has 1 N–H and O–H groups in total. The Hall–Kier alpha value is -1.72. The van der Waals surface area contributed by atoms with E-state index in [2.05, 4.69) is 28.0 Å². The summed E-state index contributed by atoms with van der Waals surface area (Å²) in [5.74, 6) is 1.40. The maximum absolute atomic E-state index is 11.0. The van der Waals surface area contributed by atoms with Gasteiger partial charge in [-0.1, -0.05) is 42.8 Å². The molecule has 0 spiro atoms. The van der Waals surface area contributed by atoms with Crippen LogP contribution in [0.3, 0.4) is 0 Å². The molecule has 0 fully saturated rings. The molecular formula is C18H25N3O2. The van der Waals surface area contributed by atoms with Crippen molar-refractivity contribution in [2.75, 3.05) is 13.6 Å². The maximum atomic E-state index is 11.0. The molecule has 0 saturated carbocycles. The lowest BCUT2D eigenvalue weighted by Crippen LogP contribution is -2.37. The topological polar surface area (TPSA) is 62.4 Å². The monoisotopic (exact) mass is 315 g/mol. The van der Waals surface area contributed by atoms with Crippen LogP contribution < -0.4 is 0 Å². The predicted octanol–water partition coefficient (Wildman–Crippen LogP) is 2.68. The van der Waals surface area contributed by atoms with Crippen LogP contribution in [0, 0.1) is 0 Å². The molecule has 5 heteroatoms. The van der Waals surface area contributed by atoms with Crippen molar-refractivity contribution in [1.82, 2.24) is 15.0 Å². The highest BCUT2D eigenvalue weighted by Gasteiger charge is 2.37. The summed E-state index contributed by atoms with van der Waals surface area (Å²) >= 11 is 0. The van der Waals surface area contributed by atoms with Gasteiger partial charge in [-0.3, -0.25) is 4.90 Å². The van der Waals surface area contributed by atoms with E-state index in [9.17, 15) is 5.11 Å². The first-order valence-corrected chi connectivity index (χ1v) is 8.41. The third-order valence-corrected chi connectivity index (χ3v) is 4.53. The van der Waals surface area contributed by atoms with Crippen LogP contribution in [0.4, 0.5) is 0 Å². The van der Waals surface area contributed by atoms with Crippen LogP contribution in [0.25, 0.3) is 0 Å². The van der Waals surface area contributed by atoms with E-state index < -0.39 is 5.60 Å². The lowest BCUT2D eigenvalue weighted by Gasteiger charge is -2.29. The molecule has 1 aliphatic carbocycles. The maximum Gasteiger partial charge on any atom is 0.240 e. The number of fused-ring (bicyclic) bond motifs is 1. The standard InChI is InChI=1S/C18H25N3O2/c1-3-4-9-16-19-17(23-20-16)12-21(2)13-18(22)11-10-14-7-5-6-8-15(14)18/h5-8,22H,3-4,9-13H2,1-2H3. The molecule has 1 aliphatic rings. The Kier molecular flexibility index (Phi) is 4.78. The van der Waals surface area contributed by atoms with Crippen molar-refractivity contribution < 1.29 is 9.63 Å². The van der Waals surface area contributed by atoms with E-state index in [-0.39, 0.29) is 0 Å². The summed E-state index contributed by atoms with van der Waals surface area (Å²) in [5, 5.41) is 15.0. The second-order valence-electron chi connectivity index (χ2n) is 6.57. The van der Waals surface area contributed by atoms with Crippen molar-refractivity contribution in [2.45, 2.75) is 51.2 Å². The predicted molar refractivity (Wildman–Crippen MR) is 87.9 cm³/mol. The van der Waals surface area contributed by atoms with Gasteiger partial charge in [-0.25, -0.2) is 0 Å². The Balaban J connectivity index is 1.61. The zero-order valence-corrected chi connectivity index (χ0v) is 14.0. The van der Waals surface area contributed by atoms with Crippen LogP contribution in [0.2, 0.25) is 0 Å². The molecule has 1 heterocycles. The summed E-state index contributed by atoms with van der Waals surface area (Å²) in [6.45, 7) is 3.27. The molecule has 5 nitrogen and oxygen atoms in total. The fourth-order valence-corrected chi connectivity index (χ4v) is 3.36. The van der Waals surface area contributed by atoms with Crippen LogP contribution in [-0.2, 0) is 25.0 Å². The number of aromatic nitrogens is 2. The van der Waals surface area contributed by atoms with Crippen LogP contribution >= 0.6 is 0 Å². The third-order valence-electron chi connectivity index (χ3n) is 4.53. The van der Waals surface area contributed by atoms with E-state index in [0.29, 0.717) is 19.0 Å². The SMILES string of the molecule is CCCCc1noc(CN(C)CC2(O)CCc3ccccc32)n1. The van der Waals surface area contributed by atoms with Gasteiger partial charge in [0.15, 0.2) is 5.82 Å². The average molecular weight is 315 g/mol. The lowest BCUT2D eigenvalue weighted by atomic mass is 9.95. The first-order chi connectivity index (χ1) is 11.1. The number of hydrogen-bond donors (Lipinski definition) is 1. The molecule has 0 amide bonds. The first kappa shape index (κ1) is 16.1. The largest absolute Gasteiger partial charge is 0.384 e. The Morgan fingerprint density at radius 2 is 2.17 bits per heavy atom. The molecule has 124 valence electrons. The van der Waals surface area contributed by atoms with Gasteiger partial charge in [-0.05, 0) is 37.4 Å². The van der Waals surface area contributed by atoms with Crippen molar-refractivity contribution in [3.8, 4) is 0 Å². The first-order valence-electron chi connectivity index (χ1n) is 8.41. The second kappa shape index (κ2) is 6.81. The Bertz CT molecular complexity index is 655. The van der Waals surface area contributed by atoms with Crippen molar-refractivity contribution in [1.29, 1.82) is 0 Å². The zero-order valence-electron chi connectivity index (χ0n) is 14.0. The minimum atomic E-state index is -0.781. The van der Waals surface area contributed by atoms with Crippen LogP contribution in [0.15, 0.2) is 28.8 Å². The van der Waals surface area contributed by atoms with E-state index in [1.165, 1.54) is 5.56 Å². The number of benzene rings is 1. The molecule has 1 aromatic carbocycles. The highest BCUT2D eigenvalue weighted by molar-refractivity contribution is 5.37. The smallest absolute Gasteiger partial charge is 0.240 e. The van der Waals surface area contributed by atoms with Gasteiger partial charge in [0, 0.05) is 13.0 Å². The Morgan fingerprint density at radius 3 is 3.00 bits per heavy atom. The van der Waals surface area contributed by atoms with E-state index in [0.717, 1.165) is 43.5 Å². The fraction of sp³-hybridized carbons (Fsp3) is 0.556. The van der Waals surface area contributed by atoms with E-state index in [1.54, 1.807) is 0 Å². The van der Waals surface area contributed by atoms with Crippen molar-refractivity contribution in [2.24, 2.45) is 0 Å². The van der Waals surface area contributed by atoms with Gasteiger partial charge in [0.2, 0.25) is 5.89 Å². The molecule has 0 saturated heterocycles. The normalized spacial score (nSPS) is 20.2. The fourth-order valence-electron chi connectivity index (χ4n) is 3.36. The molecule has 1 aromatic heterocycles. The second-order valence-corrected chi connectivity index (χ2v) is 6.57. The van der Waals surface area contributed by atoms with E-state index in [1.807, 2.05) is 25.2 Å².